The second-order valence-electron chi connectivity index (χ2n) is 17.0. The van der Waals surface area contributed by atoms with Gasteiger partial charge in [-0.3, -0.25) is 0 Å². The summed E-state index contributed by atoms with van der Waals surface area (Å²) in [7, 11) is -0.195. The number of hydrogen-bond acceptors (Lipinski definition) is 4. The van der Waals surface area contributed by atoms with Gasteiger partial charge < -0.3 is 14.0 Å². The number of aryl methyl sites for hydroxylation is 1. The fourth-order valence-electron chi connectivity index (χ4n) is 10.0. The molecule has 8 aromatic carbocycles. The van der Waals surface area contributed by atoms with Crippen molar-refractivity contribution >= 4 is 42.4 Å². The van der Waals surface area contributed by atoms with Crippen LogP contribution in [0.15, 0.2) is 155 Å². The first kappa shape index (κ1) is 38.3. The summed E-state index contributed by atoms with van der Waals surface area (Å²) in [4.78, 5) is 0.770. The normalized spacial score (nSPS) is 13.5. The van der Waals surface area contributed by atoms with Crippen LogP contribution in [0.3, 0.4) is 0 Å². The van der Waals surface area contributed by atoms with E-state index in [9.17, 15) is 8.42 Å². The van der Waals surface area contributed by atoms with Gasteiger partial charge in [0.2, 0.25) is 9.84 Å². The van der Waals surface area contributed by atoms with Gasteiger partial charge >= 0.3 is 0 Å². The SMILES string of the molecule is CCCCCCc1cccc(-c2ccc3c(c2)-c2cc(-c4ccc5cc6c(cc5c4)Cc4ccc(-n5c7ccc(OC)cc7c7cc(OC)ccc75)cc4C6)ccc2S3(=O)=O)c1. The summed E-state index contributed by atoms with van der Waals surface area (Å²) in [5.41, 5.74) is 15.9. The summed E-state index contributed by atoms with van der Waals surface area (Å²) < 4.78 is 41.2. The fourth-order valence-corrected chi connectivity index (χ4v) is 11.7. The van der Waals surface area contributed by atoms with Gasteiger partial charge in [0.25, 0.3) is 0 Å². The van der Waals surface area contributed by atoms with Crippen molar-refractivity contribution < 1.29 is 17.9 Å². The molecule has 11 rings (SSSR count). The number of ether oxygens (including phenoxy) is 2. The highest BCUT2D eigenvalue weighted by atomic mass is 32.2. The molecule has 0 amide bonds. The highest BCUT2D eigenvalue weighted by Crippen LogP contribution is 2.47. The topological polar surface area (TPSA) is 57.5 Å². The summed E-state index contributed by atoms with van der Waals surface area (Å²) in [5.74, 6) is 1.65. The third-order valence-corrected chi connectivity index (χ3v) is 15.2. The molecule has 0 fully saturated rings. The number of rotatable bonds is 10. The van der Waals surface area contributed by atoms with Crippen LogP contribution in [0.4, 0.5) is 0 Å². The summed E-state index contributed by atoms with van der Waals surface area (Å²) in [5, 5.41) is 4.63. The smallest absolute Gasteiger partial charge is 0.207 e. The van der Waals surface area contributed by atoms with Crippen molar-refractivity contribution in [1.82, 2.24) is 4.57 Å². The summed E-state index contributed by atoms with van der Waals surface area (Å²) in [6.07, 6.45) is 7.69. The van der Waals surface area contributed by atoms with E-state index in [0.29, 0.717) is 9.79 Å². The van der Waals surface area contributed by atoms with Gasteiger partial charge in [-0.15, -0.1) is 0 Å². The molecule has 1 aliphatic carbocycles. The predicted octanol–water partition coefficient (Wildman–Crippen LogP) is 13.7. The highest BCUT2D eigenvalue weighted by Gasteiger charge is 2.33. The zero-order chi connectivity index (χ0) is 42.1. The Balaban J connectivity index is 0.904. The monoisotopic (exact) mass is 829 g/mol. The van der Waals surface area contributed by atoms with E-state index in [1.165, 1.54) is 64.3 Å². The number of hydrogen-bond donors (Lipinski definition) is 0. The van der Waals surface area contributed by atoms with E-state index in [0.717, 1.165) is 91.6 Å². The molecule has 0 saturated carbocycles. The van der Waals surface area contributed by atoms with Crippen LogP contribution < -0.4 is 9.47 Å². The van der Waals surface area contributed by atoms with E-state index in [1.807, 2.05) is 24.3 Å². The van der Waals surface area contributed by atoms with Gasteiger partial charge in [0, 0.05) is 27.6 Å². The van der Waals surface area contributed by atoms with Gasteiger partial charge in [-0.25, -0.2) is 8.42 Å². The number of fused-ring (bicyclic) bond motifs is 9. The lowest BCUT2D eigenvalue weighted by molar-refractivity contribution is 0.415. The molecule has 9 aromatic rings. The van der Waals surface area contributed by atoms with Crippen LogP contribution in [0.25, 0.3) is 71.6 Å². The van der Waals surface area contributed by atoms with Gasteiger partial charge in [-0.05, 0) is 165 Å². The van der Waals surface area contributed by atoms with E-state index in [1.54, 1.807) is 26.4 Å². The Labute approximate surface area is 363 Å². The molecule has 2 aliphatic rings. The lowest BCUT2D eigenvalue weighted by Crippen LogP contribution is -2.08. The highest BCUT2D eigenvalue weighted by molar-refractivity contribution is 7.92. The first-order valence-corrected chi connectivity index (χ1v) is 23.2. The quantitative estimate of drug-likeness (QED) is 0.129. The minimum absolute atomic E-state index is 0.383. The van der Waals surface area contributed by atoms with Gasteiger partial charge in [0.15, 0.2) is 0 Å². The standard InChI is InChI=1S/C56H47NO4S/c1-4-5-6-7-9-35-10-8-11-36(24-35)40-15-22-55-51(31-40)52-32-41(16-23-56(52)62(55,58)59)37-12-13-38-26-44-29-45-30-46(17-14-39(45)27-43(44)28-42(38)25-37)57-53-20-18-47(60-2)33-49(53)50-34-48(61-3)19-21-54(50)57/h8,10-26,28,30-34H,4-7,9,27,29H2,1-3H3. The molecule has 0 bridgehead atoms. The van der Waals surface area contributed by atoms with Crippen molar-refractivity contribution in [1.29, 1.82) is 0 Å². The first-order valence-electron chi connectivity index (χ1n) is 21.8. The third-order valence-electron chi connectivity index (χ3n) is 13.3. The molecule has 0 spiro atoms. The second-order valence-corrected chi connectivity index (χ2v) is 18.9. The van der Waals surface area contributed by atoms with E-state index in [-0.39, 0.29) is 0 Å². The Hall–Kier alpha value is -6.63. The second kappa shape index (κ2) is 15.1. The number of methoxy groups -OCH3 is 2. The maximum absolute atomic E-state index is 13.8. The minimum Gasteiger partial charge on any atom is -0.497 e. The molecule has 6 heteroatoms. The maximum atomic E-state index is 13.8. The molecule has 1 aromatic heterocycles. The summed E-state index contributed by atoms with van der Waals surface area (Å²) in [6, 6.07) is 51.2. The van der Waals surface area contributed by atoms with Crippen LogP contribution in [0.1, 0.15) is 60.4 Å². The van der Waals surface area contributed by atoms with Crippen LogP contribution in [0, 0.1) is 0 Å². The van der Waals surface area contributed by atoms with Crippen molar-refractivity contribution in [2.45, 2.75) is 61.7 Å². The van der Waals surface area contributed by atoms with Crippen molar-refractivity contribution in [3.05, 3.63) is 173 Å². The molecular weight excluding hydrogens is 783 g/mol. The van der Waals surface area contributed by atoms with Gasteiger partial charge in [0.1, 0.15) is 11.5 Å². The van der Waals surface area contributed by atoms with Gasteiger partial charge in [-0.1, -0.05) is 92.9 Å². The van der Waals surface area contributed by atoms with E-state index in [2.05, 4.69) is 121 Å². The number of sulfone groups is 1. The Kier molecular flexibility index (Phi) is 9.31. The van der Waals surface area contributed by atoms with Crippen molar-refractivity contribution in [2.24, 2.45) is 0 Å². The molecule has 5 nitrogen and oxygen atoms in total. The number of aromatic nitrogens is 1. The number of nitrogens with zero attached hydrogens (tertiary/aromatic N) is 1. The lowest BCUT2D eigenvalue weighted by Gasteiger charge is -2.22. The molecule has 306 valence electrons. The molecule has 0 atom stereocenters. The van der Waals surface area contributed by atoms with E-state index < -0.39 is 9.84 Å². The van der Waals surface area contributed by atoms with Gasteiger partial charge in [0.05, 0.1) is 35.0 Å². The van der Waals surface area contributed by atoms with Crippen LogP contribution in [-0.4, -0.2) is 27.2 Å². The zero-order valence-corrected chi connectivity index (χ0v) is 36.1. The molecule has 62 heavy (non-hydrogen) atoms. The molecule has 1 aliphatic heterocycles. The molecule has 0 N–H and O–H groups in total. The zero-order valence-electron chi connectivity index (χ0n) is 35.3. The molecular formula is C56H47NO4S. The van der Waals surface area contributed by atoms with E-state index >= 15 is 0 Å². The van der Waals surface area contributed by atoms with Crippen molar-refractivity contribution in [3.8, 4) is 50.6 Å². The average Bonchev–Trinajstić information content (AvgIpc) is 3.75. The number of unbranched alkanes of at least 4 members (excludes halogenated alkanes) is 3. The Bertz CT molecular complexity index is 3330. The predicted molar refractivity (Wildman–Crippen MR) is 253 cm³/mol. The average molecular weight is 830 g/mol. The summed E-state index contributed by atoms with van der Waals surface area (Å²) >= 11 is 0. The van der Waals surface area contributed by atoms with Crippen LogP contribution in [0.2, 0.25) is 0 Å². The Morgan fingerprint density at radius 2 is 1.11 bits per heavy atom. The number of benzene rings is 8. The fraction of sp³-hybridized carbons (Fsp3) is 0.179. The minimum atomic E-state index is -3.61. The van der Waals surface area contributed by atoms with Gasteiger partial charge in [-0.2, -0.15) is 0 Å². The van der Waals surface area contributed by atoms with Crippen molar-refractivity contribution in [2.75, 3.05) is 14.2 Å². The Morgan fingerprint density at radius 3 is 1.77 bits per heavy atom. The largest absolute Gasteiger partial charge is 0.497 e. The maximum Gasteiger partial charge on any atom is 0.207 e. The third kappa shape index (κ3) is 6.39. The molecule has 0 unspecified atom stereocenters. The molecule has 0 radical (unpaired) electrons. The lowest BCUT2D eigenvalue weighted by atomic mass is 9.84. The van der Waals surface area contributed by atoms with Crippen LogP contribution >= 0.6 is 0 Å². The summed E-state index contributed by atoms with van der Waals surface area (Å²) in [6.45, 7) is 2.24. The Morgan fingerprint density at radius 1 is 0.516 bits per heavy atom. The molecule has 0 saturated heterocycles. The van der Waals surface area contributed by atoms with E-state index in [4.69, 9.17) is 9.47 Å². The molecule has 2 heterocycles. The first-order chi connectivity index (χ1) is 30.3. The van der Waals surface area contributed by atoms with Crippen LogP contribution in [0.5, 0.6) is 11.5 Å². The van der Waals surface area contributed by atoms with Crippen LogP contribution in [-0.2, 0) is 29.1 Å². The van der Waals surface area contributed by atoms with Crippen molar-refractivity contribution in [3.63, 3.8) is 0 Å².